The van der Waals surface area contributed by atoms with Crippen LogP contribution in [-0.2, 0) is 22.7 Å². The third kappa shape index (κ3) is 4.66. The third-order valence-electron chi connectivity index (χ3n) is 6.11. The van der Waals surface area contributed by atoms with Crippen molar-refractivity contribution in [3.63, 3.8) is 0 Å². The lowest BCUT2D eigenvalue weighted by molar-refractivity contribution is -0.169. The lowest BCUT2D eigenvalue weighted by atomic mass is 10.2. The monoisotopic (exact) mass is 439 g/mol. The van der Waals surface area contributed by atoms with Crippen LogP contribution in [0.1, 0.15) is 53.8 Å². The molecule has 170 valence electrons. The Labute approximate surface area is 187 Å². The van der Waals surface area contributed by atoms with E-state index in [-0.39, 0.29) is 42.3 Å². The second-order valence-corrected chi connectivity index (χ2v) is 8.68. The third-order valence-corrected chi connectivity index (χ3v) is 6.11. The molecule has 1 saturated carbocycles. The Morgan fingerprint density at radius 2 is 1.91 bits per heavy atom. The maximum absolute atomic E-state index is 13.4. The van der Waals surface area contributed by atoms with Crippen LogP contribution in [-0.4, -0.2) is 41.6 Å². The molecule has 1 N–H and O–H groups in total. The van der Waals surface area contributed by atoms with Crippen molar-refractivity contribution in [3.8, 4) is 5.75 Å². The highest BCUT2D eigenvalue weighted by Gasteiger charge is 2.34. The predicted molar refractivity (Wildman–Crippen MR) is 118 cm³/mol. The summed E-state index contributed by atoms with van der Waals surface area (Å²) in [5, 5.41) is 0. The van der Waals surface area contributed by atoms with Gasteiger partial charge in [0.25, 0.3) is 5.91 Å². The highest BCUT2D eigenvalue weighted by atomic mass is 16.7. The Bertz CT molecular complexity index is 1010. The van der Waals surface area contributed by atoms with Crippen LogP contribution in [0.2, 0.25) is 0 Å². The Morgan fingerprint density at radius 3 is 2.66 bits per heavy atom. The molecule has 32 heavy (non-hydrogen) atoms. The Hall–Kier alpha value is -2.84. The molecule has 3 heterocycles. The van der Waals surface area contributed by atoms with Crippen LogP contribution in [0, 0.1) is 5.92 Å². The van der Waals surface area contributed by atoms with Crippen LogP contribution in [0.3, 0.4) is 0 Å². The number of hydrogen-bond acceptors (Lipinski definition) is 6. The van der Waals surface area contributed by atoms with Gasteiger partial charge in [-0.15, -0.1) is 0 Å². The van der Waals surface area contributed by atoms with Gasteiger partial charge >= 0.3 is 0 Å². The van der Waals surface area contributed by atoms with E-state index in [1.165, 1.54) is 6.07 Å². The summed E-state index contributed by atoms with van der Waals surface area (Å²) in [5.74, 6) is 0.429. The fourth-order valence-corrected chi connectivity index (χ4v) is 4.15. The van der Waals surface area contributed by atoms with Gasteiger partial charge < -0.3 is 24.5 Å². The van der Waals surface area contributed by atoms with E-state index in [1.807, 2.05) is 30.3 Å². The normalized spacial score (nSPS) is 20.6. The lowest BCUT2D eigenvalue weighted by Crippen LogP contribution is -2.48. The Kier molecular flexibility index (Phi) is 6.14. The summed E-state index contributed by atoms with van der Waals surface area (Å²) in [6.45, 7) is 2.15. The van der Waals surface area contributed by atoms with Gasteiger partial charge in [-0.05, 0) is 43.6 Å². The van der Waals surface area contributed by atoms with Crippen LogP contribution in [0.4, 0.5) is 0 Å². The maximum Gasteiger partial charge on any atom is 0.277 e. The van der Waals surface area contributed by atoms with Crippen molar-refractivity contribution in [2.24, 2.45) is 5.92 Å². The molecule has 2 aromatic rings. The molecular formula is C24H29N3O5. The van der Waals surface area contributed by atoms with Crippen molar-refractivity contribution in [1.82, 2.24) is 9.58 Å². The van der Waals surface area contributed by atoms with Gasteiger partial charge in [-0.2, -0.15) is 0 Å². The molecule has 1 saturated heterocycles. The zero-order valence-electron chi connectivity index (χ0n) is 18.1. The zero-order chi connectivity index (χ0) is 21.9. The van der Waals surface area contributed by atoms with E-state index in [9.17, 15) is 9.59 Å². The van der Waals surface area contributed by atoms with Crippen LogP contribution in [0.25, 0.3) is 0 Å². The van der Waals surface area contributed by atoms with Crippen LogP contribution >= 0.6 is 0 Å². The Morgan fingerprint density at radius 1 is 1.06 bits per heavy atom. The number of carbonyl (C=O) groups excluding carboxylic acids is 1. The van der Waals surface area contributed by atoms with E-state index >= 15 is 0 Å². The quantitative estimate of drug-likeness (QED) is 0.681. The summed E-state index contributed by atoms with van der Waals surface area (Å²) >= 11 is 0. The number of hydrogen-bond donors (Lipinski definition) is 1. The van der Waals surface area contributed by atoms with E-state index < -0.39 is 0 Å². The second kappa shape index (κ2) is 9.34. The molecule has 1 unspecified atom stereocenters. The van der Waals surface area contributed by atoms with Gasteiger partial charge in [0.15, 0.2) is 17.7 Å². The van der Waals surface area contributed by atoms with Gasteiger partial charge in [0.1, 0.15) is 13.3 Å². The summed E-state index contributed by atoms with van der Waals surface area (Å²) in [6, 6.07) is 11.1. The summed E-state index contributed by atoms with van der Waals surface area (Å²) < 4.78 is 19.1. The molecule has 8 nitrogen and oxygen atoms in total. The predicted octanol–water partition coefficient (Wildman–Crippen LogP) is 2.84. The van der Waals surface area contributed by atoms with E-state index in [4.69, 9.17) is 14.2 Å². The molecule has 1 aromatic carbocycles. The van der Waals surface area contributed by atoms with Gasteiger partial charge in [0.2, 0.25) is 5.43 Å². The number of carbonyl (C=O) groups is 1. The SMILES string of the molecule is O=C1c2c(OCc3ccccc3)c(=O)cc(COC3CCCCO3)n2NCN1CC1CC1. The lowest BCUT2D eigenvalue weighted by Gasteiger charge is -2.33. The van der Waals surface area contributed by atoms with Crippen molar-refractivity contribution < 1.29 is 19.0 Å². The maximum atomic E-state index is 13.4. The standard InChI is InChI=1S/C24H29N3O5/c28-20-12-19(15-31-21-8-4-5-11-30-21)27-22(23(20)32-14-18-6-2-1-3-7-18)24(29)26(16-25-27)13-17-9-10-17/h1-3,6-7,12,17,21,25H,4-5,8-11,13-16H2. The number of nitrogens with zero attached hydrogens (tertiary/aromatic N) is 2. The van der Waals surface area contributed by atoms with Gasteiger partial charge in [0, 0.05) is 19.2 Å². The fraction of sp³-hybridized carbons (Fsp3) is 0.500. The first-order chi connectivity index (χ1) is 15.7. The highest BCUT2D eigenvalue weighted by molar-refractivity contribution is 5.96. The molecule has 2 fully saturated rings. The van der Waals surface area contributed by atoms with Gasteiger partial charge in [-0.1, -0.05) is 30.3 Å². The number of fused-ring (bicyclic) bond motifs is 1. The highest BCUT2D eigenvalue weighted by Crippen LogP contribution is 2.31. The number of ether oxygens (including phenoxy) is 3. The first-order valence-electron chi connectivity index (χ1n) is 11.4. The molecular weight excluding hydrogens is 410 g/mol. The van der Waals surface area contributed by atoms with Gasteiger partial charge in [-0.25, -0.2) is 0 Å². The summed E-state index contributed by atoms with van der Waals surface area (Å²) in [7, 11) is 0. The second-order valence-electron chi connectivity index (χ2n) is 8.68. The molecule has 1 aromatic heterocycles. The van der Waals surface area contributed by atoms with Crippen LogP contribution in [0.15, 0.2) is 41.2 Å². The first kappa shape index (κ1) is 21.0. The summed E-state index contributed by atoms with van der Waals surface area (Å²) in [5.41, 5.74) is 4.72. The number of aromatic nitrogens is 1. The largest absolute Gasteiger partial charge is 0.482 e. The molecule has 3 aliphatic rings. The molecule has 1 atom stereocenters. The van der Waals surface area contributed by atoms with E-state index in [0.717, 1.165) is 37.7 Å². The van der Waals surface area contributed by atoms with Crippen molar-refractivity contribution in [2.75, 3.05) is 25.2 Å². The molecule has 0 spiro atoms. The van der Waals surface area contributed by atoms with E-state index in [2.05, 4.69) is 5.43 Å². The number of pyridine rings is 1. The first-order valence-corrected chi connectivity index (χ1v) is 11.4. The minimum atomic E-state index is -0.321. The molecule has 2 aliphatic heterocycles. The average molecular weight is 440 g/mol. The number of amides is 1. The molecule has 1 amide bonds. The van der Waals surface area contributed by atoms with E-state index in [0.29, 0.717) is 31.4 Å². The topological polar surface area (TPSA) is 82.0 Å². The van der Waals surface area contributed by atoms with E-state index in [1.54, 1.807) is 9.58 Å². The van der Waals surface area contributed by atoms with Crippen molar-refractivity contribution >= 4 is 5.91 Å². The number of nitrogens with one attached hydrogen (secondary N) is 1. The Balaban J connectivity index is 1.43. The number of rotatable bonds is 8. The molecule has 5 rings (SSSR count). The number of benzene rings is 1. The average Bonchev–Trinajstić information content (AvgIpc) is 3.64. The minimum Gasteiger partial charge on any atom is -0.482 e. The molecule has 0 radical (unpaired) electrons. The summed E-state index contributed by atoms with van der Waals surface area (Å²) in [6.07, 6.45) is 4.93. The van der Waals surface area contributed by atoms with Crippen LogP contribution < -0.4 is 15.6 Å². The molecule has 1 aliphatic carbocycles. The van der Waals surface area contributed by atoms with Crippen molar-refractivity contribution in [3.05, 3.63) is 63.6 Å². The van der Waals surface area contributed by atoms with Gasteiger partial charge in [-0.3, -0.25) is 14.3 Å². The van der Waals surface area contributed by atoms with Crippen LogP contribution in [0.5, 0.6) is 5.75 Å². The molecule has 8 heteroatoms. The van der Waals surface area contributed by atoms with Gasteiger partial charge in [0.05, 0.1) is 12.3 Å². The minimum absolute atomic E-state index is 0.0736. The van der Waals surface area contributed by atoms with Crippen molar-refractivity contribution in [2.45, 2.75) is 51.6 Å². The smallest absolute Gasteiger partial charge is 0.277 e. The molecule has 0 bridgehead atoms. The van der Waals surface area contributed by atoms with Crippen molar-refractivity contribution in [1.29, 1.82) is 0 Å². The zero-order valence-corrected chi connectivity index (χ0v) is 18.1. The summed E-state index contributed by atoms with van der Waals surface area (Å²) in [4.78, 5) is 28.2. The fourth-order valence-electron chi connectivity index (χ4n) is 4.15.